The molecular weight excluding hydrogens is 405 g/mol. The normalized spacial score (nSPS) is 15.0. The molecule has 0 atom stereocenters. The molecule has 1 aromatic carbocycles. The molecule has 0 unspecified atom stereocenters. The van der Waals surface area contributed by atoms with Crippen molar-refractivity contribution in [2.45, 2.75) is 12.7 Å². The Morgan fingerprint density at radius 3 is 2.45 bits per heavy atom. The highest BCUT2D eigenvalue weighted by molar-refractivity contribution is 6.32. The highest BCUT2D eigenvalue weighted by Gasteiger charge is 2.37. The Bertz CT molecular complexity index is 1020. The molecule has 4 rings (SSSR count). The van der Waals surface area contributed by atoms with Crippen molar-refractivity contribution in [1.29, 1.82) is 0 Å². The van der Waals surface area contributed by atoms with Crippen molar-refractivity contribution in [3.05, 3.63) is 53.1 Å². The Kier molecular flexibility index (Phi) is 5.42. The maximum atomic E-state index is 13.6. The molecule has 0 spiro atoms. The predicted molar refractivity (Wildman–Crippen MR) is 106 cm³/mol. The van der Waals surface area contributed by atoms with Gasteiger partial charge >= 0.3 is 6.18 Å². The number of pyridine rings is 1. The van der Waals surface area contributed by atoms with Gasteiger partial charge in [-0.15, -0.1) is 0 Å². The van der Waals surface area contributed by atoms with E-state index < -0.39 is 11.7 Å². The minimum absolute atomic E-state index is 0.116. The summed E-state index contributed by atoms with van der Waals surface area (Å²) in [5, 5.41) is 6.71. The number of alkyl halides is 3. The van der Waals surface area contributed by atoms with E-state index in [2.05, 4.69) is 25.6 Å². The van der Waals surface area contributed by atoms with Gasteiger partial charge in [0.2, 0.25) is 0 Å². The van der Waals surface area contributed by atoms with Gasteiger partial charge in [-0.1, -0.05) is 11.6 Å². The van der Waals surface area contributed by atoms with E-state index in [-0.39, 0.29) is 12.2 Å². The molecule has 2 aromatic heterocycles. The SMILES string of the molecule is FC(F)(F)c1cncc(NCc2cc3nccnc3cc2Cl)c1N1CCNCC1. The summed E-state index contributed by atoms with van der Waals surface area (Å²) in [6.07, 6.45) is 0.945. The lowest BCUT2D eigenvalue weighted by Crippen LogP contribution is -2.44. The largest absolute Gasteiger partial charge is 0.419 e. The molecule has 3 aromatic rings. The number of halogens is 4. The molecule has 0 saturated carbocycles. The molecule has 29 heavy (non-hydrogen) atoms. The standard InChI is InChI=1S/C19H18ClF3N6/c20-14-8-16-15(26-1-2-27-16)7-12(14)9-28-17-11-25-10-13(19(21,22)23)18(17)29-5-3-24-4-6-29/h1-2,7-8,10-11,24,28H,3-6,9H2. The summed E-state index contributed by atoms with van der Waals surface area (Å²) in [5.41, 5.74) is 1.72. The van der Waals surface area contributed by atoms with E-state index in [1.54, 1.807) is 29.4 Å². The summed E-state index contributed by atoms with van der Waals surface area (Å²) >= 11 is 6.34. The van der Waals surface area contributed by atoms with Crippen LogP contribution in [0.2, 0.25) is 5.02 Å². The molecule has 0 radical (unpaired) electrons. The molecule has 1 aliphatic heterocycles. The number of aromatic nitrogens is 3. The van der Waals surface area contributed by atoms with Crippen LogP contribution in [0.15, 0.2) is 36.9 Å². The van der Waals surface area contributed by atoms with Crippen molar-refractivity contribution < 1.29 is 13.2 Å². The molecule has 0 aliphatic carbocycles. The van der Waals surface area contributed by atoms with E-state index in [0.717, 1.165) is 6.20 Å². The third kappa shape index (κ3) is 4.20. The van der Waals surface area contributed by atoms with Crippen LogP contribution < -0.4 is 15.5 Å². The molecule has 6 nitrogen and oxygen atoms in total. The van der Waals surface area contributed by atoms with E-state index >= 15 is 0 Å². The maximum absolute atomic E-state index is 13.6. The molecule has 10 heteroatoms. The number of piperazine rings is 1. The van der Waals surface area contributed by atoms with Gasteiger partial charge in [0.25, 0.3) is 0 Å². The van der Waals surface area contributed by atoms with Crippen LogP contribution in [0.4, 0.5) is 24.5 Å². The zero-order valence-corrected chi connectivity index (χ0v) is 16.1. The average Bonchev–Trinajstić information content (AvgIpc) is 2.72. The quantitative estimate of drug-likeness (QED) is 0.668. The third-order valence-corrected chi connectivity index (χ3v) is 5.11. The lowest BCUT2D eigenvalue weighted by molar-refractivity contribution is -0.137. The van der Waals surface area contributed by atoms with Gasteiger partial charge in [-0.05, 0) is 17.7 Å². The van der Waals surface area contributed by atoms with Crippen molar-refractivity contribution in [1.82, 2.24) is 20.3 Å². The topological polar surface area (TPSA) is 66.0 Å². The molecule has 1 fully saturated rings. The summed E-state index contributed by atoms with van der Waals surface area (Å²) in [5.74, 6) is 0. The van der Waals surface area contributed by atoms with Gasteiger partial charge in [-0.2, -0.15) is 13.2 Å². The zero-order valence-electron chi connectivity index (χ0n) is 15.3. The molecule has 3 heterocycles. The van der Waals surface area contributed by atoms with Crippen molar-refractivity contribution in [2.75, 3.05) is 36.4 Å². The van der Waals surface area contributed by atoms with Gasteiger partial charge in [0.1, 0.15) is 0 Å². The number of benzene rings is 1. The molecular formula is C19H18ClF3N6. The van der Waals surface area contributed by atoms with Crippen LogP contribution in [-0.4, -0.2) is 41.1 Å². The van der Waals surface area contributed by atoms with Crippen molar-refractivity contribution >= 4 is 34.0 Å². The summed E-state index contributed by atoms with van der Waals surface area (Å²) in [7, 11) is 0. The second kappa shape index (κ2) is 8.00. The third-order valence-electron chi connectivity index (χ3n) is 4.76. The van der Waals surface area contributed by atoms with Crippen LogP contribution in [-0.2, 0) is 12.7 Å². The molecule has 0 bridgehead atoms. The second-order valence-electron chi connectivity index (χ2n) is 6.66. The van der Waals surface area contributed by atoms with Gasteiger partial charge < -0.3 is 15.5 Å². The summed E-state index contributed by atoms with van der Waals surface area (Å²) < 4.78 is 40.9. The van der Waals surface area contributed by atoms with Gasteiger partial charge in [0.15, 0.2) is 0 Å². The fourth-order valence-corrected chi connectivity index (χ4v) is 3.60. The smallest absolute Gasteiger partial charge is 0.378 e. The van der Waals surface area contributed by atoms with E-state index in [0.29, 0.717) is 53.5 Å². The number of rotatable bonds is 4. The van der Waals surface area contributed by atoms with Crippen LogP contribution in [0, 0.1) is 0 Å². The van der Waals surface area contributed by atoms with Gasteiger partial charge in [-0.3, -0.25) is 15.0 Å². The summed E-state index contributed by atoms with van der Waals surface area (Å²) in [6.45, 7) is 2.43. The highest BCUT2D eigenvalue weighted by Crippen LogP contribution is 2.40. The Morgan fingerprint density at radius 1 is 1.07 bits per heavy atom. The number of anilines is 2. The number of hydrogen-bond donors (Lipinski definition) is 2. The van der Waals surface area contributed by atoms with Crippen molar-refractivity contribution in [2.24, 2.45) is 0 Å². The highest BCUT2D eigenvalue weighted by atomic mass is 35.5. The van der Waals surface area contributed by atoms with Crippen LogP contribution in [0.5, 0.6) is 0 Å². The van der Waals surface area contributed by atoms with Crippen molar-refractivity contribution in [3.63, 3.8) is 0 Å². The first-order valence-electron chi connectivity index (χ1n) is 9.07. The van der Waals surface area contributed by atoms with Crippen LogP contribution >= 0.6 is 11.6 Å². The van der Waals surface area contributed by atoms with Gasteiger partial charge in [0, 0.05) is 56.3 Å². The number of hydrogen-bond acceptors (Lipinski definition) is 6. The Balaban J connectivity index is 1.67. The van der Waals surface area contributed by atoms with E-state index in [1.807, 2.05) is 0 Å². The molecule has 152 valence electrons. The number of nitrogens with one attached hydrogen (secondary N) is 2. The second-order valence-corrected chi connectivity index (χ2v) is 7.07. The molecule has 2 N–H and O–H groups in total. The van der Waals surface area contributed by atoms with Crippen LogP contribution in [0.25, 0.3) is 11.0 Å². The number of nitrogens with zero attached hydrogens (tertiary/aromatic N) is 4. The fraction of sp³-hybridized carbons (Fsp3) is 0.316. The average molecular weight is 423 g/mol. The van der Waals surface area contributed by atoms with Crippen molar-refractivity contribution in [3.8, 4) is 0 Å². The summed E-state index contributed by atoms with van der Waals surface area (Å²) in [4.78, 5) is 14.0. The number of fused-ring (bicyclic) bond motifs is 1. The Labute approximate surface area is 170 Å². The van der Waals surface area contributed by atoms with E-state index in [1.165, 1.54) is 6.20 Å². The zero-order chi connectivity index (χ0) is 20.4. The first kappa shape index (κ1) is 19.7. The minimum atomic E-state index is -4.50. The first-order chi connectivity index (χ1) is 13.9. The lowest BCUT2D eigenvalue weighted by Gasteiger charge is -2.33. The Hall–Kier alpha value is -2.65. The maximum Gasteiger partial charge on any atom is 0.419 e. The lowest BCUT2D eigenvalue weighted by atomic mass is 10.1. The first-order valence-corrected chi connectivity index (χ1v) is 9.45. The van der Waals surface area contributed by atoms with E-state index in [9.17, 15) is 13.2 Å². The predicted octanol–water partition coefficient (Wildman–Crippen LogP) is 3.72. The van der Waals surface area contributed by atoms with E-state index in [4.69, 9.17) is 11.6 Å². The van der Waals surface area contributed by atoms with Crippen LogP contribution in [0.1, 0.15) is 11.1 Å². The van der Waals surface area contributed by atoms with Crippen LogP contribution in [0.3, 0.4) is 0 Å². The fourth-order valence-electron chi connectivity index (χ4n) is 3.37. The van der Waals surface area contributed by atoms with Gasteiger partial charge in [-0.25, -0.2) is 0 Å². The molecule has 0 amide bonds. The Morgan fingerprint density at radius 2 is 1.76 bits per heavy atom. The van der Waals surface area contributed by atoms with Gasteiger partial charge in [0.05, 0.1) is 34.2 Å². The monoisotopic (exact) mass is 422 g/mol. The molecule has 1 aliphatic rings. The summed E-state index contributed by atoms with van der Waals surface area (Å²) in [6, 6.07) is 3.48. The molecule has 1 saturated heterocycles. The minimum Gasteiger partial charge on any atom is -0.378 e.